The molecule has 1 aliphatic heterocycles. The smallest absolute Gasteiger partial charge is 0.324 e. The first kappa shape index (κ1) is 21.7. The molecule has 3 heterocycles. The minimum Gasteiger partial charge on any atom is -0.481 e. The van der Waals surface area contributed by atoms with E-state index < -0.39 is 11.4 Å². The second-order valence-corrected chi connectivity index (χ2v) is 8.76. The summed E-state index contributed by atoms with van der Waals surface area (Å²) in [5.41, 5.74) is 8.09. The van der Waals surface area contributed by atoms with Crippen LogP contribution in [-0.4, -0.2) is 44.3 Å². The molecule has 1 fully saturated rings. The molecule has 0 amide bonds. The van der Waals surface area contributed by atoms with Gasteiger partial charge in [-0.2, -0.15) is 4.98 Å². The van der Waals surface area contributed by atoms with E-state index in [-0.39, 0.29) is 17.8 Å². The molecule has 4 rings (SSSR count). The van der Waals surface area contributed by atoms with E-state index in [0.717, 1.165) is 16.7 Å². The van der Waals surface area contributed by atoms with Crippen molar-refractivity contribution < 1.29 is 14.4 Å². The van der Waals surface area contributed by atoms with E-state index in [2.05, 4.69) is 48.0 Å². The highest BCUT2D eigenvalue weighted by molar-refractivity contribution is 5.70. The first-order valence-electron chi connectivity index (χ1n) is 10.8. The normalized spacial score (nSPS) is 16.8. The number of rotatable bonds is 6. The summed E-state index contributed by atoms with van der Waals surface area (Å²) in [4.78, 5) is 26.0. The van der Waals surface area contributed by atoms with Gasteiger partial charge < -0.3 is 20.3 Å². The van der Waals surface area contributed by atoms with E-state index >= 15 is 0 Å². The lowest BCUT2D eigenvalue weighted by Gasteiger charge is -2.31. The molecule has 1 aliphatic rings. The summed E-state index contributed by atoms with van der Waals surface area (Å²) in [5.74, 6) is 0.0254. The molecule has 32 heavy (non-hydrogen) atoms. The van der Waals surface area contributed by atoms with Gasteiger partial charge in [-0.25, -0.2) is 9.97 Å². The van der Waals surface area contributed by atoms with Crippen molar-refractivity contribution in [2.75, 3.05) is 23.7 Å². The van der Waals surface area contributed by atoms with E-state index in [1.807, 2.05) is 17.0 Å². The Hall–Kier alpha value is -3.49. The monoisotopic (exact) mass is 436 g/mol. The van der Waals surface area contributed by atoms with Gasteiger partial charge in [0.05, 0.1) is 11.3 Å². The second-order valence-electron chi connectivity index (χ2n) is 8.76. The number of nitrogens with zero attached hydrogens (tertiary/aromatic N) is 5. The standard InChI is InChI=1S/C23H28N6O3/c1-14(2)23(3,18-6-4-15(5-7-18)17-12-25-21(24)26-13-17)20-27-22(32-28-20)29-10-8-16(9-11-29)19(30)31/h4-7,12-14,16H,8-11H2,1-3H3,(H,30,31)(H2,24,25,26). The van der Waals surface area contributed by atoms with E-state index in [4.69, 9.17) is 15.2 Å². The fourth-order valence-corrected chi connectivity index (χ4v) is 4.09. The van der Waals surface area contributed by atoms with Gasteiger partial charge in [0.1, 0.15) is 0 Å². The lowest BCUT2D eigenvalue weighted by atomic mass is 9.72. The second kappa shape index (κ2) is 8.57. The highest BCUT2D eigenvalue weighted by atomic mass is 16.5. The third kappa shape index (κ3) is 4.02. The predicted octanol–water partition coefficient (Wildman–Crippen LogP) is 3.37. The molecule has 0 radical (unpaired) electrons. The van der Waals surface area contributed by atoms with Crippen molar-refractivity contribution in [3.63, 3.8) is 0 Å². The fraction of sp³-hybridized carbons (Fsp3) is 0.435. The fourth-order valence-electron chi connectivity index (χ4n) is 4.09. The van der Waals surface area contributed by atoms with Gasteiger partial charge in [-0.1, -0.05) is 43.3 Å². The highest BCUT2D eigenvalue weighted by Crippen LogP contribution is 2.39. The van der Waals surface area contributed by atoms with Crippen LogP contribution in [0.15, 0.2) is 41.2 Å². The molecule has 168 valence electrons. The predicted molar refractivity (Wildman–Crippen MR) is 120 cm³/mol. The van der Waals surface area contributed by atoms with Crippen LogP contribution in [0.3, 0.4) is 0 Å². The van der Waals surface area contributed by atoms with E-state index in [1.165, 1.54) is 0 Å². The summed E-state index contributed by atoms with van der Waals surface area (Å²) in [6.07, 6.45) is 4.56. The molecule has 0 bridgehead atoms. The first-order chi connectivity index (χ1) is 15.3. The third-order valence-electron chi connectivity index (χ3n) is 6.64. The van der Waals surface area contributed by atoms with Crippen LogP contribution in [-0.2, 0) is 10.2 Å². The van der Waals surface area contributed by atoms with E-state index in [0.29, 0.717) is 37.8 Å². The molecule has 9 heteroatoms. The van der Waals surface area contributed by atoms with Crippen LogP contribution in [0.25, 0.3) is 11.1 Å². The van der Waals surface area contributed by atoms with E-state index in [9.17, 15) is 9.90 Å². The van der Waals surface area contributed by atoms with Crippen molar-refractivity contribution in [3.8, 4) is 11.1 Å². The molecule has 3 aromatic rings. The molecule has 1 atom stereocenters. The Kier molecular flexibility index (Phi) is 5.82. The number of nitrogen functional groups attached to an aromatic ring is 1. The Morgan fingerprint density at radius 2 is 1.78 bits per heavy atom. The van der Waals surface area contributed by atoms with Gasteiger partial charge in [0, 0.05) is 31.0 Å². The van der Waals surface area contributed by atoms with Crippen molar-refractivity contribution in [1.29, 1.82) is 0 Å². The summed E-state index contributed by atoms with van der Waals surface area (Å²) in [5, 5.41) is 13.5. The number of carbonyl (C=O) groups is 1. The number of piperidine rings is 1. The average Bonchev–Trinajstić information content (AvgIpc) is 3.30. The average molecular weight is 437 g/mol. The van der Waals surface area contributed by atoms with Crippen LogP contribution in [0.5, 0.6) is 0 Å². The van der Waals surface area contributed by atoms with Crippen molar-refractivity contribution in [1.82, 2.24) is 20.1 Å². The number of aromatic nitrogens is 4. The number of carboxylic acid groups (broad SMARTS) is 1. The summed E-state index contributed by atoms with van der Waals surface area (Å²) in [7, 11) is 0. The van der Waals surface area contributed by atoms with Gasteiger partial charge in [-0.3, -0.25) is 4.79 Å². The van der Waals surface area contributed by atoms with Crippen molar-refractivity contribution in [2.45, 2.75) is 39.0 Å². The SMILES string of the molecule is CC(C)C(C)(c1ccc(-c2cnc(N)nc2)cc1)c1noc(N2CCC(C(=O)O)CC2)n1. The molecule has 0 spiro atoms. The maximum atomic E-state index is 11.2. The molecule has 0 saturated carbocycles. The summed E-state index contributed by atoms with van der Waals surface area (Å²) < 4.78 is 5.61. The number of hydrogen-bond acceptors (Lipinski definition) is 8. The third-order valence-corrected chi connectivity index (χ3v) is 6.64. The zero-order valence-corrected chi connectivity index (χ0v) is 18.5. The van der Waals surface area contributed by atoms with Crippen LogP contribution in [0.4, 0.5) is 12.0 Å². The Bertz CT molecular complexity index is 1070. The minimum atomic E-state index is -0.739. The van der Waals surface area contributed by atoms with Crippen LogP contribution < -0.4 is 10.6 Å². The summed E-state index contributed by atoms with van der Waals surface area (Å²) in [6, 6.07) is 8.65. The topological polar surface area (TPSA) is 131 Å². The zero-order chi connectivity index (χ0) is 22.9. The Morgan fingerprint density at radius 1 is 1.16 bits per heavy atom. The largest absolute Gasteiger partial charge is 0.481 e. The zero-order valence-electron chi connectivity index (χ0n) is 18.5. The Balaban J connectivity index is 1.58. The molecule has 1 unspecified atom stereocenters. The number of anilines is 2. The number of benzene rings is 1. The molecule has 1 saturated heterocycles. The van der Waals surface area contributed by atoms with Crippen molar-refractivity contribution in [3.05, 3.63) is 48.0 Å². The summed E-state index contributed by atoms with van der Waals surface area (Å²) in [6.45, 7) is 7.57. The maximum absolute atomic E-state index is 11.2. The van der Waals surface area contributed by atoms with Crippen LogP contribution >= 0.6 is 0 Å². The van der Waals surface area contributed by atoms with E-state index in [1.54, 1.807) is 12.4 Å². The van der Waals surface area contributed by atoms with Gasteiger partial charge in [0.15, 0.2) is 5.82 Å². The van der Waals surface area contributed by atoms with Gasteiger partial charge in [0.25, 0.3) is 0 Å². The lowest BCUT2D eigenvalue weighted by Crippen LogP contribution is -2.36. The molecule has 3 N–H and O–H groups in total. The quantitative estimate of drug-likeness (QED) is 0.597. The van der Waals surface area contributed by atoms with Crippen LogP contribution in [0.1, 0.15) is 45.0 Å². The molecule has 2 aromatic heterocycles. The lowest BCUT2D eigenvalue weighted by molar-refractivity contribution is -0.142. The van der Waals surface area contributed by atoms with Crippen molar-refractivity contribution >= 4 is 17.9 Å². The molecular formula is C23H28N6O3. The van der Waals surface area contributed by atoms with Crippen LogP contribution in [0, 0.1) is 11.8 Å². The number of carboxylic acids is 1. The molecule has 9 nitrogen and oxygen atoms in total. The van der Waals surface area contributed by atoms with Gasteiger partial charge >= 0.3 is 12.0 Å². The number of hydrogen-bond donors (Lipinski definition) is 2. The number of aliphatic carboxylic acids is 1. The van der Waals surface area contributed by atoms with Gasteiger partial charge in [0.2, 0.25) is 5.95 Å². The Labute approximate surface area is 186 Å². The number of nitrogens with two attached hydrogens (primary N) is 1. The van der Waals surface area contributed by atoms with Gasteiger partial charge in [-0.05, 0) is 36.8 Å². The molecule has 1 aromatic carbocycles. The minimum absolute atomic E-state index is 0.205. The summed E-state index contributed by atoms with van der Waals surface area (Å²) >= 11 is 0. The molecular weight excluding hydrogens is 408 g/mol. The van der Waals surface area contributed by atoms with Crippen LogP contribution in [0.2, 0.25) is 0 Å². The van der Waals surface area contributed by atoms with Crippen molar-refractivity contribution in [2.24, 2.45) is 11.8 Å². The Morgan fingerprint density at radius 3 is 2.34 bits per heavy atom. The highest BCUT2D eigenvalue weighted by Gasteiger charge is 2.38. The maximum Gasteiger partial charge on any atom is 0.324 e. The molecule has 0 aliphatic carbocycles. The first-order valence-corrected chi connectivity index (χ1v) is 10.8. The van der Waals surface area contributed by atoms with Gasteiger partial charge in [-0.15, -0.1) is 0 Å².